The molecule has 1 fully saturated rings. The molecule has 4 aromatic rings. The molecule has 3 heterocycles. The van der Waals surface area contributed by atoms with Gasteiger partial charge in [-0.15, -0.1) is 0 Å². The number of aromatic nitrogens is 2. The van der Waals surface area contributed by atoms with Crippen molar-refractivity contribution in [2.24, 2.45) is 5.92 Å². The highest BCUT2D eigenvalue weighted by atomic mass is 16.2. The van der Waals surface area contributed by atoms with Crippen LogP contribution in [0.3, 0.4) is 0 Å². The van der Waals surface area contributed by atoms with Crippen LogP contribution < -0.4 is 10.2 Å². The smallest absolute Gasteiger partial charge is 0.229 e. The van der Waals surface area contributed by atoms with Gasteiger partial charge in [-0.3, -0.25) is 9.59 Å². The van der Waals surface area contributed by atoms with E-state index in [1.807, 2.05) is 89.6 Å². The minimum Gasteiger partial charge on any atom is -0.326 e. The molecular formula is C24H20N4O2. The molecule has 1 aliphatic heterocycles. The van der Waals surface area contributed by atoms with Gasteiger partial charge in [-0.1, -0.05) is 36.4 Å². The maximum atomic E-state index is 12.8. The number of nitrogens with zero attached hydrogens (tertiary/aromatic N) is 3. The van der Waals surface area contributed by atoms with E-state index in [4.69, 9.17) is 0 Å². The lowest BCUT2D eigenvalue weighted by Crippen LogP contribution is -2.28. The number of nitrogens with one attached hydrogen (secondary N) is 1. The lowest BCUT2D eigenvalue weighted by molar-refractivity contribution is -0.122. The average Bonchev–Trinajstić information content (AvgIpc) is 3.38. The van der Waals surface area contributed by atoms with Gasteiger partial charge < -0.3 is 14.6 Å². The molecule has 0 spiro atoms. The van der Waals surface area contributed by atoms with Crippen LogP contribution in [0.15, 0.2) is 85.2 Å². The largest absolute Gasteiger partial charge is 0.326 e. The third-order valence-electron chi connectivity index (χ3n) is 5.35. The van der Waals surface area contributed by atoms with Crippen LogP contribution in [0.2, 0.25) is 0 Å². The highest BCUT2D eigenvalue weighted by Gasteiger charge is 2.35. The fourth-order valence-corrected chi connectivity index (χ4v) is 3.82. The summed E-state index contributed by atoms with van der Waals surface area (Å²) in [5, 5.41) is 2.97. The molecule has 2 aromatic carbocycles. The minimum absolute atomic E-state index is 0.0280. The second-order valence-electron chi connectivity index (χ2n) is 7.40. The molecule has 2 amide bonds. The monoisotopic (exact) mass is 396 g/mol. The Labute approximate surface area is 173 Å². The topological polar surface area (TPSA) is 66.7 Å². The number of imidazole rings is 1. The van der Waals surface area contributed by atoms with Crippen molar-refractivity contribution in [3.8, 4) is 11.3 Å². The lowest BCUT2D eigenvalue weighted by atomic mass is 10.1. The van der Waals surface area contributed by atoms with Crippen molar-refractivity contribution in [1.29, 1.82) is 0 Å². The van der Waals surface area contributed by atoms with Crippen LogP contribution in [0.5, 0.6) is 0 Å². The summed E-state index contributed by atoms with van der Waals surface area (Å²) in [5.41, 5.74) is 4.15. The molecule has 6 heteroatoms. The van der Waals surface area contributed by atoms with Crippen molar-refractivity contribution in [1.82, 2.24) is 9.38 Å². The minimum atomic E-state index is -0.378. The Hall–Kier alpha value is -3.93. The molecule has 0 saturated carbocycles. The Balaban J connectivity index is 1.32. The van der Waals surface area contributed by atoms with Gasteiger partial charge in [-0.25, -0.2) is 4.98 Å². The van der Waals surface area contributed by atoms with Gasteiger partial charge in [-0.2, -0.15) is 0 Å². The van der Waals surface area contributed by atoms with Crippen LogP contribution in [0.1, 0.15) is 6.42 Å². The zero-order chi connectivity index (χ0) is 20.5. The Morgan fingerprint density at radius 3 is 2.67 bits per heavy atom. The summed E-state index contributed by atoms with van der Waals surface area (Å²) in [6.45, 7) is 0.390. The van der Waals surface area contributed by atoms with Gasteiger partial charge in [0.15, 0.2) is 0 Å². The van der Waals surface area contributed by atoms with E-state index >= 15 is 0 Å². The number of hydrogen-bond donors (Lipinski definition) is 1. The molecule has 0 unspecified atom stereocenters. The van der Waals surface area contributed by atoms with Crippen molar-refractivity contribution < 1.29 is 9.59 Å². The number of fused-ring (bicyclic) bond motifs is 1. The number of rotatable bonds is 4. The summed E-state index contributed by atoms with van der Waals surface area (Å²) in [7, 11) is 0. The van der Waals surface area contributed by atoms with E-state index < -0.39 is 0 Å². The molecule has 5 rings (SSSR count). The number of para-hydroxylation sites is 1. The Morgan fingerprint density at radius 1 is 1.00 bits per heavy atom. The lowest BCUT2D eigenvalue weighted by Gasteiger charge is -2.16. The molecule has 1 atom stereocenters. The van der Waals surface area contributed by atoms with Gasteiger partial charge in [0.25, 0.3) is 0 Å². The first-order valence-electron chi connectivity index (χ1n) is 9.88. The molecule has 1 aliphatic rings. The van der Waals surface area contributed by atoms with E-state index in [-0.39, 0.29) is 24.2 Å². The number of hydrogen-bond acceptors (Lipinski definition) is 3. The quantitative estimate of drug-likeness (QED) is 0.567. The molecule has 1 saturated heterocycles. The molecule has 0 bridgehead atoms. The summed E-state index contributed by atoms with van der Waals surface area (Å²) < 4.78 is 1.96. The molecule has 2 aromatic heterocycles. The standard InChI is InChI=1S/C24H20N4O2/c29-23-14-18(15-28(23)20-9-2-1-3-10-20)24(30)25-19-8-6-7-17(13-19)21-16-27-12-5-4-11-22(27)26-21/h1-13,16,18H,14-15H2,(H,25,30)/t18-/m0/s1. The van der Waals surface area contributed by atoms with Crippen molar-refractivity contribution in [2.45, 2.75) is 6.42 Å². The third-order valence-corrected chi connectivity index (χ3v) is 5.35. The highest BCUT2D eigenvalue weighted by Crippen LogP contribution is 2.27. The van der Waals surface area contributed by atoms with Crippen LogP contribution in [0, 0.1) is 5.92 Å². The van der Waals surface area contributed by atoms with Crippen LogP contribution in [-0.4, -0.2) is 27.7 Å². The van der Waals surface area contributed by atoms with Gasteiger partial charge in [0, 0.05) is 42.3 Å². The zero-order valence-electron chi connectivity index (χ0n) is 16.2. The second-order valence-corrected chi connectivity index (χ2v) is 7.40. The summed E-state index contributed by atoms with van der Waals surface area (Å²) in [6.07, 6.45) is 4.13. The summed E-state index contributed by atoms with van der Waals surface area (Å²) >= 11 is 0. The number of amides is 2. The summed E-state index contributed by atoms with van der Waals surface area (Å²) in [6, 6.07) is 22.9. The van der Waals surface area contributed by atoms with Gasteiger partial charge in [-0.05, 0) is 36.4 Å². The molecule has 148 valence electrons. The summed E-state index contributed by atoms with van der Waals surface area (Å²) in [4.78, 5) is 31.5. The number of pyridine rings is 1. The molecule has 30 heavy (non-hydrogen) atoms. The summed E-state index contributed by atoms with van der Waals surface area (Å²) in [5.74, 6) is -0.551. The van der Waals surface area contributed by atoms with Gasteiger partial charge in [0.05, 0.1) is 11.6 Å². The van der Waals surface area contributed by atoms with Crippen molar-refractivity contribution in [3.05, 3.63) is 85.2 Å². The average molecular weight is 396 g/mol. The molecule has 1 N–H and O–H groups in total. The van der Waals surface area contributed by atoms with Crippen LogP contribution in [-0.2, 0) is 9.59 Å². The predicted octanol–water partition coefficient (Wildman–Crippen LogP) is 3.99. The van der Waals surface area contributed by atoms with Crippen LogP contribution in [0.4, 0.5) is 11.4 Å². The normalized spacial score (nSPS) is 16.2. The number of benzene rings is 2. The molecular weight excluding hydrogens is 376 g/mol. The predicted molar refractivity (Wildman–Crippen MR) is 116 cm³/mol. The van der Waals surface area contributed by atoms with Crippen LogP contribution in [0.25, 0.3) is 16.9 Å². The van der Waals surface area contributed by atoms with Gasteiger partial charge in [0.1, 0.15) is 5.65 Å². The van der Waals surface area contributed by atoms with E-state index in [0.717, 1.165) is 22.6 Å². The van der Waals surface area contributed by atoms with Gasteiger partial charge >= 0.3 is 0 Å². The van der Waals surface area contributed by atoms with E-state index in [9.17, 15) is 9.59 Å². The van der Waals surface area contributed by atoms with Crippen LogP contribution >= 0.6 is 0 Å². The van der Waals surface area contributed by atoms with E-state index in [0.29, 0.717) is 12.2 Å². The van der Waals surface area contributed by atoms with E-state index in [1.165, 1.54) is 0 Å². The van der Waals surface area contributed by atoms with Crippen molar-refractivity contribution >= 4 is 28.8 Å². The number of carbonyl (C=O) groups is 2. The van der Waals surface area contributed by atoms with Gasteiger partial charge in [0.2, 0.25) is 11.8 Å². The number of anilines is 2. The fourth-order valence-electron chi connectivity index (χ4n) is 3.82. The van der Waals surface area contributed by atoms with E-state index in [2.05, 4.69) is 10.3 Å². The van der Waals surface area contributed by atoms with Crippen molar-refractivity contribution in [3.63, 3.8) is 0 Å². The highest BCUT2D eigenvalue weighted by molar-refractivity contribution is 6.03. The van der Waals surface area contributed by atoms with Crippen molar-refractivity contribution in [2.75, 3.05) is 16.8 Å². The second kappa shape index (κ2) is 7.48. The molecule has 0 radical (unpaired) electrons. The Kier molecular flexibility index (Phi) is 4.52. The molecule has 6 nitrogen and oxygen atoms in total. The Morgan fingerprint density at radius 2 is 1.83 bits per heavy atom. The SMILES string of the molecule is O=C(Nc1cccc(-c2cn3ccccc3n2)c1)[C@H]1CC(=O)N(c2ccccc2)C1. The Bertz CT molecular complexity index is 1200. The van der Waals surface area contributed by atoms with E-state index in [1.54, 1.807) is 4.90 Å². The third kappa shape index (κ3) is 3.43. The first-order valence-corrected chi connectivity index (χ1v) is 9.88. The maximum absolute atomic E-state index is 12.8. The number of carbonyl (C=O) groups excluding carboxylic acids is 2. The maximum Gasteiger partial charge on any atom is 0.229 e. The first kappa shape index (κ1) is 18.1. The molecule has 0 aliphatic carbocycles. The fraction of sp³-hybridized carbons (Fsp3) is 0.125. The first-order chi connectivity index (χ1) is 14.7. The zero-order valence-corrected chi connectivity index (χ0v) is 16.2.